The van der Waals surface area contributed by atoms with Crippen LogP contribution in [0.2, 0.25) is 0 Å². The molecule has 4 aromatic rings. The van der Waals surface area contributed by atoms with Gasteiger partial charge in [-0.2, -0.15) is 0 Å². The molecule has 0 unspecified atom stereocenters. The van der Waals surface area contributed by atoms with E-state index in [4.69, 9.17) is 5.73 Å². The van der Waals surface area contributed by atoms with Crippen LogP contribution in [0.3, 0.4) is 0 Å². The minimum atomic E-state index is -0.959. The van der Waals surface area contributed by atoms with Gasteiger partial charge in [0.05, 0.1) is 11.0 Å². The molecule has 3 aromatic carbocycles. The van der Waals surface area contributed by atoms with Crippen molar-refractivity contribution in [2.75, 3.05) is 0 Å². The van der Waals surface area contributed by atoms with Gasteiger partial charge in [0.2, 0.25) is 5.91 Å². The predicted octanol–water partition coefficient (Wildman–Crippen LogP) is 4.16. The number of aromatic nitrogens is 1. The van der Waals surface area contributed by atoms with Gasteiger partial charge in [0.15, 0.2) is 11.6 Å². The number of hydrogen-bond donors (Lipinski definition) is 1. The molecule has 1 amide bonds. The van der Waals surface area contributed by atoms with Crippen LogP contribution in [0.15, 0.2) is 48.5 Å². The van der Waals surface area contributed by atoms with E-state index in [0.717, 1.165) is 12.1 Å². The van der Waals surface area contributed by atoms with Gasteiger partial charge in [0.1, 0.15) is 5.82 Å². The van der Waals surface area contributed by atoms with Gasteiger partial charge < -0.3 is 10.3 Å². The van der Waals surface area contributed by atoms with Gasteiger partial charge >= 0.3 is 0 Å². The number of carbonyl (C=O) groups is 1. The van der Waals surface area contributed by atoms with Gasteiger partial charge in [-0.25, -0.2) is 13.2 Å². The Hall–Kier alpha value is -3.28. The Labute approximate surface area is 146 Å². The summed E-state index contributed by atoms with van der Waals surface area (Å²) in [4.78, 5) is 11.8. The number of benzene rings is 3. The molecule has 0 aliphatic carbocycles. The second-order valence-corrected chi connectivity index (χ2v) is 5.98. The predicted molar refractivity (Wildman–Crippen MR) is 92.2 cm³/mol. The monoisotopic (exact) mass is 353 g/mol. The van der Waals surface area contributed by atoms with Crippen molar-refractivity contribution in [1.82, 2.24) is 4.57 Å². The third-order valence-electron chi connectivity index (χ3n) is 4.35. The Morgan fingerprint density at radius 1 is 1.04 bits per heavy atom. The molecule has 0 aliphatic heterocycles. The Morgan fingerprint density at radius 2 is 1.85 bits per heavy atom. The highest BCUT2D eigenvalue weighted by molar-refractivity contribution is 6.17. The lowest BCUT2D eigenvalue weighted by atomic mass is 10.1. The average molecular weight is 353 g/mol. The van der Waals surface area contributed by atoms with Gasteiger partial charge in [-0.15, -0.1) is 0 Å². The van der Waals surface area contributed by atoms with Crippen LogP contribution < -0.4 is 5.73 Å². The topological polar surface area (TPSA) is 48.0 Å². The number of halogens is 3. The summed E-state index contributed by atoms with van der Waals surface area (Å²) in [7, 11) is 0. The molecule has 0 saturated heterocycles. The van der Waals surface area contributed by atoms with Crippen LogP contribution in [-0.4, -0.2) is 10.5 Å². The van der Waals surface area contributed by atoms with E-state index >= 15 is 0 Å². The van der Waals surface area contributed by atoms with Gasteiger partial charge in [-0.1, -0.05) is 12.1 Å². The zero-order valence-electron chi connectivity index (χ0n) is 13.4. The van der Waals surface area contributed by atoms with E-state index in [2.05, 4.69) is 6.07 Å². The van der Waals surface area contributed by atoms with Gasteiger partial charge in [-0.05, 0) is 48.0 Å². The smallest absolute Gasteiger partial charge is 0.249 e. The first-order valence-electron chi connectivity index (χ1n) is 7.81. The Bertz CT molecular complexity index is 1180. The van der Waals surface area contributed by atoms with E-state index in [1.54, 1.807) is 22.8 Å². The first-order chi connectivity index (χ1) is 12.5. The number of fused-ring (bicyclic) bond motifs is 3. The fourth-order valence-electron chi connectivity index (χ4n) is 3.23. The Balaban J connectivity index is 2.03. The molecule has 129 valence electrons. The summed E-state index contributed by atoms with van der Waals surface area (Å²) in [6.45, 7) is 0.163. The highest BCUT2D eigenvalue weighted by atomic mass is 19.2. The zero-order valence-corrected chi connectivity index (χ0v) is 13.4. The summed E-state index contributed by atoms with van der Waals surface area (Å²) in [6, 6.07) is 13.9. The molecule has 6 heteroatoms. The lowest BCUT2D eigenvalue weighted by Crippen LogP contribution is -2.11. The summed E-state index contributed by atoms with van der Waals surface area (Å²) < 4.78 is 42.3. The molecule has 0 bridgehead atoms. The van der Waals surface area contributed by atoms with E-state index in [-0.39, 0.29) is 6.54 Å². The molecule has 0 aliphatic rings. The van der Waals surface area contributed by atoms with Crippen molar-refractivity contribution in [1.29, 1.82) is 0 Å². The van der Waals surface area contributed by atoms with Gasteiger partial charge in [0, 0.05) is 22.9 Å². The second kappa shape index (κ2) is 5.91. The van der Waals surface area contributed by atoms with E-state index < -0.39 is 23.4 Å². The summed E-state index contributed by atoms with van der Waals surface area (Å²) in [5, 5.41) is 1.09. The number of nitrogens with zero attached hydrogens (tertiary/aromatic N) is 1. The largest absolute Gasteiger partial charge is 0.366 e. The van der Waals surface area contributed by atoms with E-state index in [9.17, 15) is 18.0 Å². The van der Waals surface area contributed by atoms with Gasteiger partial charge in [0.25, 0.3) is 0 Å². The minimum Gasteiger partial charge on any atom is -0.366 e. The fraction of sp³-hybridized carbons (Fsp3) is 0.0500. The maximum Gasteiger partial charge on any atom is 0.249 e. The van der Waals surface area contributed by atoms with Crippen molar-refractivity contribution >= 4 is 27.7 Å². The molecular weight excluding hydrogens is 341 g/mol. The van der Waals surface area contributed by atoms with Crippen LogP contribution in [0.4, 0.5) is 13.2 Å². The van der Waals surface area contributed by atoms with Crippen molar-refractivity contribution in [3.63, 3.8) is 0 Å². The Morgan fingerprint density at radius 3 is 2.58 bits per heavy atom. The number of rotatable bonds is 3. The van der Waals surface area contributed by atoms with Crippen molar-refractivity contribution in [3.05, 3.63) is 83.2 Å². The van der Waals surface area contributed by atoms with E-state index in [1.165, 1.54) is 18.2 Å². The lowest BCUT2D eigenvalue weighted by Gasteiger charge is -2.08. The Kier molecular flexibility index (Phi) is 3.68. The molecular formula is C20H12F3N2O. The van der Waals surface area contributed by atoms with Crippen molar-refractivity contribution in [2.45, 2.75) is 6.54 Å². The van der Waals surface area contributed by atoms with Crippen molar-refractivity contribution in [3.8, 4) is 0 Å². The first-order valence-corrected chi connectivity index (χ1v) is 7.81. The maximum atomic E-state index is 13.8. The molecule has 2 N–H and O–H groups in total. The molecule has 3 nitrogen and oxygen atoms in total. The van der Waals surface area contributed by atoms with Gasteiger partial charge in [-0.3, -0.25) is 4.79 Å². The minimum absolute atomic E-state index is 0.163. The number of hydrogen-bond acceptors (Lipinski definition) is 1. The SMILES string of the molecule is NC(=O)c1cccc2c1c1[c]cc(F)cc1n2Cc1ccc(F)c(F)c1. The number of nitrogens with two attached hydrogens (primary N) is 1. The number of carbonyl (C=O) groups excluding carboxylic acids is 1. The molecule has 0 atom stereocenters. The van der Waals surface area contributed by atoms with Crippen molar-refractivity contribution in [2.24, 2.45) is 5.73 Å². The van der Waals surface area contributed by atoms with Crippen LogP contribution in [0.1, 0.15) is 15.9 Å². The molecule has 4 rings (SSSR count). The van der Waals surface area contributed by atoms with Crippen LogP contribution in [-0.2, 0) is 6.54 Å². The summed E-state index contributed by atoms with van der Waals surface area (Å²) in [5.74, 6) is -3.00. The third kappa shape index (κ3) is 2.50. The molecule has 0 fully saturated rings. The molecule has 0 spiro atoms. The van der Waals surface area contributed by atoms with E-state index in [1.807, 2.05) is 0 Å². The van der Waals surface area contributed by atoms with Crippen LogP contribution in [0.25, 0.3) is 21.8 Å². The average Bonchev–Trinajstić information content (AvgIpc) is 2.91. The summed E-state index contributed by atoms with van der Waals surface area (Å²) >= 11 is 0. The highest BCUT2D eigenvalue weighted by Gasteiger charge is 2.17. The molecule has 1 radical (unpaired) electrons. The van der Waals surface area contributed by atoms with Crippen LogP contribution in [0, 0.1) is 23.5 Å². The van der Waals surface area contributed by atoms with Crippen molar-refractivity contribution < 1.29 is 18.0 Å². The van der Waals surface area contributed by atoms with Crippen LogP contribution >= 0.6 is 0 Å². The third-order valence-corrected chi connectivity index (χ3v) is 4.35. The molecule has 1 aromatic heterocycles. The molecule has 0 saturated carbocycles. The lowest BCUT2D eigenvalue weighted by molar-refractivity contribution is 0.100. The van der Waals surface area contributed by atoms with Crippen LogP contribution in [0.5, 0.6) is 0 Å². The fourth-order valence-corrected chi connectivity index (χ4v) is 3.23. The number of primary amides is 1. The molecule has 26 heavy (non-hydrogen) atoms. The maximum absolute atomic E-state index is 13.8. The number of amides is 1. The quantitative estimate of drug-likeness (QED) is 0.591. The molecule has 1 heterocycles. The second-order valence-electron chi connectivity index (χ2n) is 5.98. The highest BCUT2D eigenvalue weighted by Crippen LogP contribution is 2.32. The summed E-state index contributed by atoms with van der Waals surface area (Å²) in [6.07, 6.45) is 0. The normalized spacial score (nSPS) is 11.3. The zero-order chi connectivity index (χ0) is 18.4. The van der Waals surface area contributed by atoms with E-state index in [0.29, 0.717) is 32.9 Å². The first kappa shape index (κ1) is 16.2. The summed E-state index contributed by atoms with van der Waals surface area (Å²) in [5.41, 5.74) is 7.37. The standard InChI is InChI=1S/C20H12F3N2O/c21-12-5-6-13-18(9-12)25(10-11-4-7-15(22)16(23)8-11)17-3-1-2-14(19(13)17)20(24)26/h1-5,7-9H,10H2,(H2,24,26).